The number of benzene rings is 2. The first-order chi connectivity index (χ1) is 11.3. The predicted molar refractivity (Wildman–Crippen MR) is 91.2 cm³/mol. The normalized spacial score (nSPS) is 21.9. The van der Waals surface area contributed by atoms with Gasteiger partial charge in [-0.15, -0.1) is 0 Å². The summed E-state index contributed by atoms with van der Waals surface area (Å²) >= 11 is 0. The molecule has 0 saturated carbocycles. The molecule has 1 heterocycles. The van der Waals surface area contributed by atoms with Crippen molar-refractivity contribution in [3.05, 3.63) is 42.5 Å². The summed E-state index contributed by atoms with van der Waals surface area (Å²) in [4.78, 5) is 0.191. The van der Waals surface area contributed by atoms with Gasteiger partial charge in [0, 0.05) is 11.3 Å². The fourth-order valence-corrected chi connectivity index (χ4v) is 4.00. The van der Waals surface area contributed by atoms with Crippen LogP contribution in [-0.2, 0) is 23.8 Å². The van der Waals surface area contributed by atoms with Gasteiger partial charge in [0.05, 0.1) is 19.3 Å². The van der Waals surface area contributed by atoms with E-state index in [0.717, 1.165) is 5.39 Å². The van der Waals surface area contributed by atoms with Crippen LogP contribution in [0.25, 0.3) is 10.8 Å². The number of fused-ring (bicyclic) bond motifs is 1. The van der Waals surface area contributed by atoms with Gasteiger partial charge < -0.3 is 9.47 Å². The molecule has 1 aliphatic rings. The Hall–Kier alpha value is -1.47. The first-order valence-corrected chi connectivity index (χ1v) is 9.38. The Morgan fingerprint density at radius 3 is 2.62 bits per heavy atom. The summed E-state index contributed by atoms with van der Waals surface area (Å²) in [6, 6.07) is 12.5. The topological polar surface area (TPSA) is 61.8 Å². The molecule has 1 fully saturated rings. The van der Waals surface area contributed by atoms with Crippen molar-refractivity contribution < 1.29 is 22.1 Å². The van der Waals surface area contributed by atoms with Gasteiger partial charge in [-0.3, -0.25) is 4.18 Å². The van der Waals surface area contributed by atoms with Crippen LogP contribution in [0, 0.1) is 5.92 Å². The van der Waals surface area contributed by atoms with Crippen molar-refractivity contribution in [2.24, 2.45) is 5.92 Å². The van der Waals surface area contributed by atoms with Gasteiger partial charge >= 0.3 is 0 Å². The zero-order valence-electron chi connectivity index (χ0n) is 14.1. The number of hydrogen-bond donors (Lipinski definition) is 0. The minimum Gasteiger partial charge on any atom is -0.348 e. The van der Waals surface area contributed by atoms with E-state index in [9.17, 15) is 8.42 Å². The highest BCUT2D eigenvalue weighted by Crippen LogP contribution is 2.28. The number of rotatable bonds is 5. The van der Waals surface area contributed by atoms with Crippen molar-refractivity contribution >= 4 is 20.9 Å². The quantitative estimate of drug-likeness (QED) is 0.774. The van der Waals surface area contributed by atoms with E-state index in [0.29, 0.717) is 12.0 Å². The van der Waals surface area contributed by atoms with E-state index >= 15 is 0 Å². The van der Waals surface area contributed by atoms with Gasteiger partial charge in [-0.2, -0.15) is 8.42 Å². The molecular formula is C18H22O5S. The average molecular weight is 350 g/mol. The highest BCUT2D eigenvalue weighted by molar-refractivity contribution is 7.87. The summed E-state index contributed by atoms with van der Waals surface area (Å²) in [6.45, 7) is 6.07. The summed E-state index contributed by atoms with van der Waals surface area (Å²) in [5.74, 6) is -0.732. The standard InChI is InChI=1S/C18H22O5S/c1-13(16-12-21-18(2,3)23-16)11-22-24(19,20)17-10-6-8-14-7-4-5-9-15(14)17/h4-10,13,16H,11-12H2,1-3H3. The van der Waals surface area contributed by atoms with Crippen LogP contribution in [0.1, 0.15) is 20.8 Å². The van der Waals surface area contributed by atoms with Crippen LogP contribution in [0.5, 0.6) is 0 Å². The molecule has 0 bridgehead atoms. The van der Waals surface area contributed by atoms with E-state index in [4.69, 9.17) is 13.7 Å². The molecule has 3 rings (SSSR count). The van der Waals surface area contributed by atoms with Gasteiger partial charge in [0.1, 0.15) is 4.90 Å². The Bertz CT molecular complexity index is 823. The Balaban J connectivity index is 1.74. The first kappa shape index (κ1) is 17.4. The SMILES string of the molecule is CC(COS(=O)(=O)c1cccc2ccccc12)C1COC(C)(C)O1. The lowest BCUT2D eigenvalue weighted by atomic mass is 10.1. The molecular weight excluding hydrogens is 328 g/mol. The zero-order chi connectivity index (χ0) is 17.4. The second-order valence-corrected chi connectivity index (χ2v) is 8.14. The lowest BCUT2D eigenvalue weighted by Gasteiger charge is -2.21. The van der Waals surface area contributed by atoms with Crippen LogP contribution in [0.4, 0.5) is 0 Å². The average Bonchev–Trinajstić information content (AvgIpc) is 2.92. The zero-order valence-corrected chi connectivity index (χ0v) is 14.9. The summed E-state index contributed by atoms with van der Waals surface area (Å²) in [5, 5.41) is 1.53. The third-order valence-electron chi connectivity index (χ3n) is 4.17. The molecule has 1 aliphatic heterocycles. The molecule has 0 spiro atoms. The van der Waals surface area contributed by atoms with Crippen LogP contribution in [0.15, 0.2) is 47.4 Å². The summed E-state index contributed by atoms with van der Waals surface area (Å²) < 4.78 is 41.8. The van der Waals surface area contributed by atoms with Crippen molar-refractivity contribution in [1.29, 1.82) is 0 Å². The molecule has 24 heavy (non-hydrogen) atoms. The van der Waals surface area contributed by atoms with E-state index in [1.165, 1.54) is 0 Å². The van der Waals surface area contributed by atoms with Crippen molar-refractivity contribution in [2.75, 3.05) is 13.2 Å². The third kappa shape index (κ3) is 3.62. The molecule has 0 aromatic heterocycles. The van der Waals surface area contributed by atoms with E-state index in [1.54, 1.807) is 18.2 Å². The summed E-state index contributed by atoms with van der Waals surface area (Å²) in [5.41, 5.74) is 0. The van der Waals surface area contributed by atoms with Crippen LogP contribution in [-0.4, -0.2) is 33.5 Å². The predicted octanol–water partition coefficient (Wildman–Crippen LogP) is 3.33. The van der Waals surface area contributed by atoms with Gasteiger partial charge in [-0.25, -0.2) is 0 Å². The van der Waals surface area contributed by atoms with Crippen molar-refractivity contribution in [1.82, 2.24) is 0 Å². The molecule has 1 saturated heterocycles. The Kier molecular flexibility index (Phi) is 4.66. The lowest BCUT2D eigenvalue weighted by Crippen LogP contribution is -2.28. The van der Waals surface area contributed by atoms with E-state index in [-0.39, 0.29) is 23.5 Å². The molecule has 5 nitrogen and oxygen atoms in total. The van der Waals surface area contributed by atoms with Gasteiger partial charge in [-0.05, 0) is 25.3 Å². The van der Waals surface area contributed by atoms with E-state index in [1.807, 2.05) is 45.0 Å². The molecule has 0 N–H and O–H groups in total. The highest BCUT2D eigenvalue weighted by Gasteiger charge is 2.36. The van der Waals surface area contributed by atoms with Crippen LogP contribution >= 0.6 is 0 Å². The Labute approximate surface area is 142 Å². The van der Waals surface area contributed by atoms with Crippen molar-refractivity contribution in [2.45, 2.75) is 37.6 Å². The number of hydrogen-bond acceptors (Lipinski definition) is 5. The maximum Gasteiger partial charge on any atom is 0.297 e. The summed E-state index contributed by atoms with van der Waals surface area (Å²) in [7, 11) is -3.84. The molecule has 0 radical (unpaired) electrons. The fourth-order valence-electron chi connectivity index (χ4n) is 2.78. The summed E-state index contributed by atoms with van der Waals surface area (Å²) in [6.07, 6.45) is -0.178. The highest BCUT2D eigenvalue weighted by atomic mass is 32.2. The van der Waals surface area contributed by atoms with Crippen LogP contribution in [0.2, 0.25) is 0 Å². The van der Waals surface area contributed by atoms with Gasteiger partial charge in [-0.1, -0.05) is 43.3 Å². The smallest absolute Gasteiger partial charge is 0.297 e. The molecule has 2 unspecified atom stereocenters. The lowest BCUT2D eigenvalue weighted by molar-refractivity contribution is -0.144. The monoisotopic (exact) mass is 350 g/mol. The molecule has 2 atom stereocenters. The van der Waals surface area contributed by atoms with Crippen molar-refractivity contribution in [3.63, 3.8) is 0 Å². The maximum atomic E-state index is 12.6. The molecule has 0 amide bonds. The first-order valence-electron chi connectivity index (χ1n) is 7.97. The Morgan fingerprint density at radius 2 is 1.92 bits per heavy atom. The largest absolute Gasteiger partial charge is 0.348 e. The minimum atomic E-state index is -3.84. The van der Waals surface area contributed by atoms with Gasteiger partial charge in [0.15, 0.2) is 5.79 Å². The van der Waals surface area contributed by atoms with E-state index in [2.05, 4.69) is 0 Å². The van der Waals surface area contributed by atoms with Gasteiger partial charge in [0.25, 0.3) is 10.1 Å². The fraction of sp³-hybridized carbons (Fsp3) is 0.444. The molecule has 0 aliphatic carbocycles. The molecule has 6 heteroatoms. The second kappa shape index (κ2) is 6.44. The molecule has 2 aromatic carbocycles. The maximum absolute atomic E-state index is 12.6. The third-order valence-corrected chi connectivity index (χ3v) is 5.51. The van der Waals surface area contributed by atoms with Crippen molar-refractivity contribution in [3.8, 4) is 0 Å². The number of ether oxygens (including phenoxy) is 2. The minimum absolute atomic E-state index is 0.0513. The second-order valence-electron chi connectivity index (χ2n) is 6.56. The Morgan fingerprint density at radius 1 is 1.21 bits per heavy atom. The molecule has 130 valence electrons. The van der Waals surface area contributed by atoms with Crippen LogP contribution < -0.4 is 0 Å². The van der Waals surface area contributed by atoms with E-state index < -0.39 is 15.9 Å². The van der Waals surface area contributed by atoms with Crippen LogP contribution in [0.3, 0.4) is 0 Å². The van der Waals surface area contributed by atoms with Gasteiger partial charge in [0.2, 0.25) is 0 Å². The molecule has 2 aromatic rings.